The molecule has 0 radical (unpaired) electrons. The second-order valence-electron chi connectivity index (χ2n) is 4.94. The molecule has 0 unspecified atom stereocenters. The van der Waals surface area contributed by atoms with Crippen LogP contribution in [-0.2, 0) is 14.8 Å². The lowest BCUT2D eigenvalue weighted by Crippen LogP contribution is -2.29. The van der Waals surface area contributed by atoms with Gasteiger partial charge < -0.3 is 10.2 Å². The number of hydrazine groups is 1. The summed E-state index contributed by atoms with van der Waals surface area (Å²) < 4.78 is 55.8. The quantitative estimate of drug-likeness (QED) is 0.495. The summed E-state index contributed by atoms with van der Waals surface area (Å²) in [6.07, 6.45) is -5.08. The molecular weight excluding hydrogens is 441 g/mol. The van der Waals surface area contributed by atoms with E-state index in [1.165, 1.54) is 25.1 Å². The molecule has 0 amide bonds. The number of hydrogen-bond donors (Lipinski definition) is 4. The average Bonchev–Trinajstić information content (AvgIpc) is 3.03. The van der Waals surface area contributed by atoms with Gasteiger partial charge in [-0.3, -0.25) is 5.43 Å². The van der Waals surface area contributed by atoms with Crippen LogP contribution in [0, 0.1) is 18.3 Å². The first-order valence-corrected chi connectivity index (χ1v) is 9.36. The number of pyridine rings is 1. The van der Waals surface area contributed by atoms with Gasteiger partial charge in [0.25, 0.3) is 10.0 Å². The first-order valence-electron chi connectivity index (χ1n) is 7.06. The summed E-state index contributed by atoms with van der Waals surface area (Å²) in [5.41, 5.74) is 2.87. The van der Waals surface area contributed by atoms with Crippen molar-refractivity contribution in [3.8, 4) is 6.07 Å². The maximum atomic E-state index is 12.1. The molecule has 0 fully saturated rings. The number of carboxylic acids is 2. The topological polar surface area (TPSA) is 169 Å². The molecule has 2 rings (SSSR count). The number of hydrogen-bond acceptors (Lipinski definition) is 8. The third-order valence-electron chi connectivity index (χ3n) is 2.77. The lowest BCUT2D eigenvalue weighted by molar-refractivity contribution is -0.192. The molecule has 4 N–H and O–H groups in total. The molecule has 10 nitrogen and oxygen atoms in total. The van der Waals surface area contributed by atoms with Crippen LogP contribution in [0.1, 0.15) is 20.9 Å². The number of anilines is 1. The van der Waals surface area contributed by atoms with E-state index >= 15 is 0 Å². The number of sulfonamides is 1. The molecule has 2 aromatic heterocycles. The molecule has 0 aliphatic rings. The molecule has 2 heterocycles. The van der Waals surface area contributed by atoms with Gasteiger partial charge >= 0.3 is 18.1 Å². The van der Waals surface area contributed by atoms with Crippen LogP contribution < -0.4 is 10.3 Å². The second kappa shape index (κ2) is 9.32. The van der Waals surface area contributed by atoms with Crippen molar-refractivity contribution < 1.29 is 41.4 Å². The van der Waals surface area contributed by atoms with Crippen LogP contribution >= 0.6 is 11.3 Å². The van der Waals surface area contributed by atoms with Gasteiger partial charge in [0.15, 0.2) is 0 Å². The summed E-state index contributed by atoms with van der Waals surface area (Å²) in [6, 6.07) is 7.60. The van der Waals surface area contributed by atoms with E-state index in [4.69, 9.17) is 20.3 Å². The number of thiophene rings is 1. The van der Waals surface area contributed by atoms with Crippen LogP contribution in [0.25, 0.3) is 0 Å². The Morgan fingerprint density at radius 1 is 1.28 bits per heavy atom. The van der Waals surface area contributed by atoms with E-state index in [1.54, 1.807) is 6.07 Å². The highest BCUT2D eigenvalue weighted by Crippen LogP contribution is 2.25. The molecule has 0 aliphatic heterocycles. The number of nitrogens with one attached hydrogen (secondary N) is 2. The number of aliphatic carboxylic acids is 1. The van der Waals surface area contributed by atoms with Gasteiger partial charge in [0, 0.05) is 0 Å². The largest absolute Gasteiger partial charge is 0.490 e. The van der Waals surface area contributed by atoms with Gasteiger partial charge in [0.1, 0.15) is 26.7 Å². The van der Waals surface area contributed by atoms with Crippen LogP contribution in [0.2, 0.25) is 0 Å². The molecule has 0 bridgehead atoms. The Morgan fingerprint density at radius 2 is 1.86 bits per heavy atom. The summed E-state index contributed by atoms with van der Waals surface area (Å²) in [4.78, 5) is 25.7. The van der Waals surface area contributed by atoms with Gasteiger partial charge in [-0.25, -0.2) is 23.0 Å². The number of aromatic carboxylic acids is 1. The highest BCUT2D eigenvalue weighted by molar-refractivity contribution is 7.91. The van der Waals surface area contributed by atoms with Crippen LogP contribution in [0.4, 0.5) is 19.0 Å². The molecule has 156 valence electrons. The van der Waals surface area contributed by atoms with Crippen LogP contribution in [-0.4, -0.2) is 41.7 Å². The lowest BCUT2D eigenvalue weighted by atomic mass is 10.3. The minimum absolute atomic E-state index is 0.0371. The monoisotopic (exact) mass is 452 g/mol. The smallest absolute Gasteiger partial charge is 0.477 e. The van der Waals surface area contributed by atoms with Crippen molar-refractivity contribution in [2.24, 2.45) is 0 Å². The fourth-order valence-corrected chi connectivity index (χ4v) is 3.76. The molecule has 0 saturated heterocycles. The first-order chi connectivity index (χ1) is 13.3. The minimum atomic E-state index is -5.08. The maximum absolute atomic E-state index is 12.1. The van der Waals surface area contributed by atoms with Crippen LogP contribution in [0.3, 0.4) is 0 Å². The zero-order valence-corrected chi connectivity index (χ0v) is 15.8. The molecule has 0 spiro atoms. The Balaban J connectivity index is 0.000000516. The molecule has 0 aromatic carbocycles. The Labute approximate surface area is 165 Å². The van der Waals surface area contributed by atoms with Crippen LogP contribution in [0.15, 0.2) is 28.5 Å². The van der Waals surface area contributed by atoms with Crippen molar-refractivity contribution in [2.45, 2.75) is 17.3 Å². The summed E-state index contributed by atoms with van der Waals surface area (Å²) in [5.74, 6) is -3.79. The van der Waals surface area contributed by atoms with E-state index in [2.05, 4.69) is 15.2 Å². The molecule has 15 heteroatoms. The number of alkyl halides is 3. The number of nitriles is 1. The predicted octanol–water partition coefficient (Wildman–Crippen LogP) is 1.96. The minimum Gasteiger partial charge on any atom is -0.477 e. The number of nitrogens with zero attached hydrogens (tertiary/aromatic N) is 2. The second-order valence-corrected chi connectivity index (χ2v) is 7.90. The maximum Gasteiger partial charge on any atom is 0.490 e. The molecule has 29 heavy (non-hydrogen) atoms. The Morgan fingerprint density at radius 3 is 2.31 bits per heavy atom. The van der Waals surface area contributed by atoms with Gasteiger partial charge in [-0.2, -0.15) is 18.4 Å². The molecular formula is C14H11F3N4O6S2. The fraction of sp³-hybridized carbons (Fsp3) is 0.143. The third-order valence-corrected chi connectivity index (χ3v) is 5.72. The first kappa shape index (κ1) is 23.8. The van der Waals surface area contributed by atoms with Crippen molar-refractivity contribution in [2.75, 3.05) is 5.43 Å². The van der Waals surface area contributed by atoms with E-state index in [9.17, 15) is 26.4 Å². The molecule has 0 atom stereocenters. The number of rotatable bonds is 5. The standard InChI is InChI=1S/C12H10N4O4S2.C2HF3O2/c1-7-5-10(21-11(7)12(17)18)22(19,20)16-15-9-4-2-3-8(6-13)14-9;3-2(4,5)1(6)7/h2-5,16H,1H3,(H,14,15)(H,17,18);(H,6,7). The highest BCUT2D eigenvalue weighted by atomic mass is 32.2. The SMILES string of the molecule is Cc1cc(S(=O)(=O)NNc2cccc(C#N)n2)sc1C(=O)O.O=C(O)C(F)(F)F. The summed E-state index contributed by atoms with van der Waals surface area (Å²) in [5, 5.41) is 24.8. The van der Waals surface area contributed by atoms with Crippen molar-refractivity contribution in [1.82, 2.24) is 9.82 Å². The summed E-state index contributed by atoms with van der Waals surface area (Å²) in [7, 11) is -3.94. The van der Waals surface area contributed by atoms with Gasteiger partial charge in [-0.05, 0) is 30.7 Å². The van der Waals surface area contributed by atoms with Crippen molar-refractivity contribution in [3.63, 3.8) is 0 Å². The number of aryl methyl sites for hydroxylation is 1. The number of carboxylic acid groups (broad SMARTS) is 2. The van der Waals surface area contributed by atoms with E-state index < -0.39 is 28.1 Å². The number of carbonyl (C=O) groups is 2. The van der Waals surface area contributed by atoms with E-state index in [0.717, 1.165) is 0 Å². The lowest BCUT2D eigenvalue weighted by Gasteiger charge is -2.07. The molecule has 0 aliphatic carbocycles. The van der Waals surface area contributed by atoms with E-state index in [0.29, 0.717) is 16.9 Å². The zero-order chi connectivity index (χ0) is 22.4. The Bertz CT molecular complexity index is 1060. The van der Waals surface area contributed by atoms with Crippen molar-refractivity contribution in [3.05, 3.63) is 40.4 Å². The normalized spacial score (nSPS) is 11.0. The molecule has 0 saturated carbocycles. The highest BCUT2D eigenvalue weighted by Gasteiger charge is 2.38. The van der Waals surface area contributed by atoms with Gasteiger partial charge in [0.2, 0.25) is 0 Å². The van der Waals surface area contributed by atoms with Gasteiger partial charge in [-0.1, -0.05) is 6.07 Å². The van der Waals surface area contributed by atoms with Crippen molar-refractivity contribution in [1.29, 1.82) is 5.26 Å². The summed E-state index contributed by atoms with van der Waals surface area (Å²) in [6.45, 7) is 1.52. The predicted molar refractivity (Wildman–Crippen MR) is 92.6 cm³/mol. The Kier molecular flexibility index (Phi) is 7.65. The Hall–Kier alpha value is -3.22. The van der Waals surface area contributed by atoms with E-state index in [-0.39, 0.29) is 20.6 Å². The average molecular weight is 452 g/mol. The van der Waals surface area contributed by atoms with Crippen LogP contribution in [0.5, 0.6) is 0 Å². The van der Waals surface area contributed by atoms with Crippen molar-refractivity contribution >= 4 is 39.1 Å². The third kappa shape index (κ3) is 7.03. The van der Waals surface area contributed by atoms with Gasteiger partial charge in [-0.15, -0.1) is 16.2 Å². The number of aromatic nitrogens is 1. The fourth-order valence-electron chi connectivity index (χ4n) is 1.53. The number of halogens is 3. The zero-order valence-electron chi connectivity index (χ0n) is 14.2. The van der Waals surface area contributed by atoms with Gasteiger partial charge in [0.05, 0.1) is 0 Å². The van der Waals surface area contributed by atoms with E-state index in [1.807, 2.05) is 6.07 Å². The molecule has 2 aromatic rings. The summed E-state index contributed by atoms with van der Waals surface area (Å²) >= 11 is 0.655.